The molecule has 0 aromatic rings. The van der Waals surface area contributed by atoms with Crippen LogP contribution in [-0.2, 0) is 4.74 Å². The van der Waals surface area contributed by atoms with Crippen molar-refractivity contribution < 1.29 is 4.74 Å². The fourth-order valence-corrected chi connectivity index (χ4v) is 1.43. The van der Waals surface area contributed by atoms with Crippen molar-refractivity contribution in [3.05, 3.63) is 12.7 Å². The summed E-state index contributed by atoms with van der Waals surface area (Å²) < 4.78 is 5.36. The first kappa shape index (κ1) is 7.76. The summed E-state index contributed by atoms with van der Waals surface area (Å²) in [6.45, 7) is 6.58. The second-order valence-corrected chi connectivity index (χ2v) is 2.84. The van der Waals surface area contributed by atoms with E-state index < -0.39 is 0 Å². The number of ether oxygens (including phenoxy) is 1. The smallest absolute Gasteiger partial charge is 0.0593 e. The van der Waals surface area contributed by atoms with E-state index in [1.54, 1.807) is 6.08 Å². The first-order chi connectivity index (χ1) is 4.75. The zero-order chi connectivity index (χ0) is 7.56. The van der Waals surface area contributed by atoms with Gasteiger partial charge < -0.3 is 10.5 Å². The highest BCUT2D eigenvalue weighted by Gasteiger charge is 2.27. The van der Waals surface area contributed by atoms with Gasteiger partial charge in [-0.2, -0.15) is 0 Å². The normalized spacial score (nSPS) is 35.8. The van der Waals surface area contributed by atoms with Gasteiger partial charge in [0.05, 0.1) is 6.10 Å². The lowest BCUT2D eigenvalue weighted by atomic mass is 9.94. The van der Waals surface area contributed by atoms with Gasteiger partial charge in [0, 0.05) is 18.6 Å². The number of hydrogen-bond donors (Lipinski definition) is 1. The monoisotopic (exact) mass is 141 g/mol. The molecule has 10 heavy (non-hydrogen) atoms. The maximum atomic E-state index is 5.77. The molecule has 1 aliphatic heterocycles. The van der Waals surface area contributed by atoms with Crippen LogP contribution in [0.2, 0.25) is 0 Å². The second kappa shape index (κ2) is 3.17. The molecule has 1 aliphatic rings. The Balaban J connectivity index is 2.46. The quantitative estimate of drug-likeness (QED) is 0.580. The van der Waals surface area contributed by atoms with Crippen molar-refractivity contribution in [1.82, 2.24) is 0 Å². The molecule has 2 nitrogen and oxygen atoms in total. The fourth-order valence-electron chi connectivity index (χ4n) is 1.43. The van der Waals surface area contributed by atoms with Crippen molar-refractivity contribution in [2.45, 2.75) is 25.5 Å². The summed E-state index contributed by atoms with van der Waals surface area (Å²) in [5.74, 6) is 0.484. The minimum absolute atomic E-state index is 0.109. The molecule has 2 N–H and O–H groups in total. The van der Waals surface area contributed by atoms with E-state index in [0.29, 0.717) is 12.0 Å². The van der Waals surface area contributed by atoms with Gasteiger partial charge in [0.15, 0.2) is 0 Å². The topological polar surface area (TPSA) is 35.2 Å². The molecule has 1 fully saturated rings. The third-order valence-electron chi connectivity index (χ3n) is 2.20. The highest BCUT2D eigenvalue weighted by Crippen LogP contribution is 2.22. The molecule has 1 heterocycles. The summed E-state index contributed by atoms with van der Waals surface area (Å²) in [5.41, 5.74) is 5.77. The third kappa shape index (κ3) is 1.39. The van der Waals surface area contributed by atoms with Crippen molar-refractivity contribution in [2.75, 3.05) is 6.61 Å². The van der Waals surface area contributed by atoms with Gasteiger partial charge >= 0.3 is 0 Å². The summed E-state index contributed by atoms with van der Waals surface area (Å²) in [6.07, 6.45) is 3.19. The molecule has 0 aromatic carbocycles. The standard InChI is InChI=1S/C8H15NO/c1-3-8(9)7-4-5-10-6(7)2/h3,6-8H,1,4-5,9H2,2H3. The van der Waals surface area contributed by atoms with Gasteiger partial charge in [0.2, 0.25) is 0 Å². The zero-order valence-electron chi connectivity index (χ0n) is 6.42. The van der Waals surface area contributed by atoms with Gasteiger partial charge in [-0.15, -0.1) is 6.58 Å². The summed E-state index contributed by atoms with van der Waals surface area (Å²) in [7, 11) is 0. The van der Waals surface area contributed by atoms with Crippen LogP contribution in [0, 0.1) is 5.92 Å². The molecule has 0 aliphatic carbocycles. The van der Waals surface area contributed by atoms with Gasteiger partial charge in [0.25, 0.3) is 0 Å². The predicted octanol–water partition coefficient (Wildman–Crippen LogP) is 0.925. The Bertz CT molecular complexity index is 124. The zero-order valence-corrected chi connectivity index (χ0v) is 6.42. The SMILES string of the molecule is C=CC(N)C1CCOC1C. The Morgan fingerprint density at radius 2 is 2.50 bits per heavy atom. The van der Waals surface area contributed by atoms with E-state index in [2.05, 4.69) is 13.5 Å². The molecule has 0 saturated carbocycles. The number of hydrogen-bond acceptors (Lipinski definition) is 2. The average molecular weight is 141 g/mol. The van der Waals surface area contributed by atoms with E-state index in [1.807, 2.05) is 0 Å². The summed E-state index contributed by atoms with van der Waals surface area (Å²) in [4.78, 5) is 0. The van der Waals surface area contributed by atoms with Crippen LogP contribution in [0.25, 0.3) is 0 Å². The van der Waals surface area contributed by atoms with Gasteiger partial charge in [-0.05, 0) is 13.3 Å². The van der Waals surface area contributed by atoms with Gasteiger partial charge in [0.1, 0.15) is 0 Å². The maximum absolute atomic E-state index is 5.77. The number of nitrogens with two attached hydrogens (primary N) is 1. The average Bonchev–Trinajstić information content (AvgIpc) is 2.34. The van der Waals surface area contributed by atoms with E-state index in [0.717, 1.165) is 13.0 Å². The molecule has 3 atom stereocenters. The largest absolute Gasteiger partial charge is 0.378 e. The molecule has 0 bridgehead atoms. The Hall–Kier alpha value is -0.340. The molecule has 0 radical (unpaired) electrons. The Morgan fingerprint density at radius 1 is 1.80 bits per heavy atom. The van der Waals surface area contributed by atoms with Crippen molar-refractivity contribution in [2.24, 2.45) is 11.7 Å². The predicted molar refractivity (Wildman–Crippen MR) is 41.7 cm³/mol. The van der Waals surface area contributed by atoms with Crippen LogP contribution in [0.5, 0.6) is 0 Å². The molecule has 0 aromatic heterocycles. The molecule has 0 amide bonds. The molecule has 58 valence electrons. The van der Waals surface area contributed by atoms with Crippen LogP contribution in [0.15, 0.2) is 12.7 Å². The number of rotatable bonds is 2. The Morgan fingerprint density at radius 3 is 2.90 bits per heavy atom. The molecule has 2 heteroatoms. The van der Waals surface area contributed by atoms with Crippen LogP contribution in [0.4, 0.5) is 0 Å². The first-order valence-electron chi connectivity index (χ1n) is 3.75. The maximum Gasteiger partial charge on any atom is 0.0593 e. The minimum Gasteiger partial charge on any atom is -0.378 e. The molecular formula is C8H15NO. The van der Waals surface area contributed by atoms with Gasteiger partial charge in [-0.25, -0.2) is 0 Å². The fraction of sp³-hybridized carbons (Fsp3) is 0.750. The van der Waals surface area contributed by atoms with Crippen LogP contribution < -0.4 is 5.73 Å². The highest BCUT2D eigenvalue weighted by atomic mass is 16.5. The van der Waals surface area contributed by atoms with Crippen molar-refractivity contribution in [1.29, 1.82) is 0 Å². The van der Waals surface area contributed by atoms with Crippen molar-refractivity contribution in [3.63, 3.8) is 0 Å². The van der Waals surface area contributed by atoms with Crippen molar-refractivity contribution in [3.8, 4) is 0 Å². The van der Waals surface area contributed by atoms with Crippen LogP contribution in [-0.4, -0.2) is 18.8 Å². The third-order valence-corrected chi connectivity index (χ3v) is 2.20. The lowest BCUT2D eigenvalue weighted by Crippen LogP contribution is -2.31. The minimum atomic E-state index is 0.109. The Kier molecular flexibility index (Phi) is 2.46. The van der Waals surface area contributed by atoms with Crippen molar-refractivity contribution >= 4 is 0 Å². The molecule has 0 spiro atoms. The van der Waals surface area contributed by atoms with E-state index >= 15 is 0 Å². The lowest BCUT2D eigenvalue weighted by molar-refractivity contribution is 0.103. The highest BCUT2D eigenvalue weighted by molar-refractivity contribution is 4.92. The summed E-state index contributed by atoms with van der Waals surface area (Å²) in [6, 6.07) is 0.109. The van der Waals surface area contributed by atoms with E-state index in [-0.39, 0.29) is 6.04 Å². The van der Waals surface area contributed by atoms with E-state index in [4.69, 9.17) is 10.5 Å². The van der Waals surface area contributed by atoms with Crippen LogP contribution >= 0.6 is 0 Å². The van der Waals surface area contributed by atoms with E-state index in [9.17, 15) is 0 Å². The molecule has 3 unspecified atom stereocenters. The van der Waals surface area contributed by atoms with Crippen LogP contribution in [0.3, 0.4) is 0 Å². The second-order valence-electron chi connectivity index (χ2n) is 2.84. The van der Waals surface area contributed by atoms with Gasteiger partial charge in [-0.3, -0.25) is 0 Å². The van der Waals surface area contributed by atoms with E-state index in [1.165, 1.54) is 0 Å². The summed E-state index contributed by atoms with van der Waals surface area (Å²) in [5, 5.41) is 0. The summed E-state index contributed by atoms with van der Waals surface area (Å²) >= 11 is 0. The van der Waals surface area contributed by atoms with Gasteiger partial charge in [-0.1, -0.05) is 6.08 Å². The molecular weight excluding hydrogens is 126 g/mol. The molecule has 1 rings (SSSR count). The first-order valence-corrected chi connectivity index (χ1v) is 3.75. The Labute approximate surface area is 62.1 Å². The lowest BCUT2D eigenvalue weighted by Gasteiger charge is -2.17. The van der Waals surface area contributed by atoms with Crippen LogP contribution in [0.1, 0.15) is 13.3 Å². The molecule has 1 saturated heterocycles.